The minimum Gasteiger partial charge on any atom is -0.462 e. The molecule has 64 heavy (non-hydrogen) atoms. The summed E-state index contributed by atoms with van der Waals surface area (Å²) in [6.45, 7) is 6.45. The summed E-state index contributed by atoms with van der Waals surface area (Å²) in [7, 11) is 0. The van der Waals surface area contributed by atoms with Gasteiger partial charge in [-0.15, -0.1) is 0 Å². The second-order valence-corrected chi connectivity index (χ2v) is 17.8. The number of unbranched alkanes of at least 4 members (excludes halogenated alkanes) is 25. The highest BCUT2D eigenvalue weighted by Gasteiger charge is 2.19. The van der Waals surface area contributed by atoms with Gasteiger partial charge < -0.3 is 14.2 Å². The fraction of sp³-hybridized carbons (Fsp3) is 0.741. The van der Waals surface area contributed by atoms with E-state index in [4.69, 9.17) is 14.2 Å². The Morgan fingerprint density at radius 1 is 0.328 bits per heavy atom. The molecule has 6 heteroatoms. The zero-order valence-electron chi connectivity index (χ0n) is 42.0. The van der Waals surface area contributed by atoms with Crippen molar-refractivity contribution in [1.82, 2.24) is 0 Å². The third kappa shape index (κ3) is 49.9. The van der Waals surface area contributed by atoms with Crippen LogP contribution in [0, 0.1) is 0 Å². The number of hydrogen-bond acceptors (Lipinski definition) is 6. The maximum atomic E-state index is 12.8. The molecule has 0 amide bonds. The Labute approximate surface area is 395 Å². The van der Waals surface area contributed by atoms with Gasteiger partial charge in [-0.1, -0.05) is 235 Å². The third-order valence-electron chi connectivity index (χ3n) is 11.5. The van der Waals surface area contributed by atoms with Crippen molar-refractivity contribution in [2.24, 2.45) is 0 Å². The molecule has 0 radical (unpaired) electrons. The molecular weight excluding hydrogens is 793 g/mol. The van der Waals surface area contributed by atoms with Crippen molar-refractivity contribution in [3.63, 3.8) is 0 Å². The first-order valence-corrected chi connectivity index (χ1v) is 26.9. The van der Waals surface area contributed by atoms with Crippen LogP contribution in [0.4, 0.5) is 0 Å². The lowest BCUT2D eigenvalue weighted by Crippen LogP contribution is -2.30. The van der Waals surface area contributed by atoms with Gasteiger partial charge in [0, 0.05) is 19.3 Å². The van der Waals surface area contributed by atoms with Gasteiger partial charge in [-0.05, 0) is 77.0 Å². The van der Waals surface area contributed by atoms with Gasteiger partial charge in [0.05, 0.1) is 0 Å². The van der Waals surface area contributed by atoms with E-state index in [-0.39, 0.29) is 44.0 Å². The van der Waals surface area contributed by atoms with Crippen LogP contribution < -0.4 is 0 Å². The molecule has 1 atom stereocenters. The summed E-state index contributed by atoms with van der Waals surface area (Å²) in [5.41, 5.74) is 0. The summed E-state index contributed by atoms with van der Waals surface area (Å²) >= 11 is 0. The van der Waals surface area contributed by atoms with Gasteiger partial charge in [0.15, 0.2) is 6.10 Å². The molecule has 0 aliphatic rings. The topological polar surface area (TPSA) is 78.9 Å². The van der Waals surface area contributed by atoms with Crippen molar-refractivity contribution in [2.45, 2.75) is 264 Å². The van der Waals surface area contributed by atoms with Gasteiger partial charge in [0.1, 0.15) is 13.2 Å². The van der Waals surface area contributed by atoms with Crippen LogP contribution in [0.2, 0.25) is 0 Å². The Kier molecular flexibility index (Phi) is 49.9. The first-order chi connectivity index (χ1) is 31.5. The van der Waals surface area contributed by atoms with Crippen LogP contribution in [0.1, 0.15) is 258 Å². The number of allylic oxidation sites excluding steroid dienone is 12. The van der Waals surface area contributed by atoms with Crippen LogP contribution in [-0.2, 0) is 28.6 Å². The van der Waals surface area contributed by atoms with E-state index in [0.717, 1.165) is 83.5 Å². The Bertz CT molecular complexity index is 1210. The molecule has 0 saturated heterocycles. The minimum absolute atomic E-state index is 0.104. The van der Waals surface area contributed by atoms with E-state index in [2.05, 4.69) is 87.6 Å². The summed E-state index contributed by atoms with van der Waals surface area (Å²) < 4.78 is 16.7. The van der Waals surface area contributed by atoms with Gasteiger partial charge in [-0.25, -0.2) is 0 Å². The third-order valence-corrected chi connectivity index (χ3v) is 11.5. The second-order valence-electron chi connectivity index (χ2n) is 17.8. The summed E-state index contributed by atoms with van der Waals surface area (Å²) in [4.78, 5) is 38.0. The molecule has 0 bridgehead atoms. The fourth-order valence-corrected chi connectivity index (χ4v) is 7.43. The van der Waals surface area contributed by atoms with Crippen LogP contribution >= 0.6 is 0 Å². The number of carbonyl (C=O) groups excluding carboxylic acids is 3. The minimum atomic E-state index is -0.812. The van der Waals surface area contributed by atoms with Gasteiger partial charge in [0.25, 0.3) is 0 Å². The van der Waals surface area contributed by atoms with E-state index in [1.807, 2.05) is 6.08 Å². The second kappa shape index (κ2) is 52.5. The highest BCUT2D eigenvalue weighted by Crippen LogP contribution is 2.15. The smallest absolute Gasteiger partial charge is 0.306 e. The van der Waals surface area contributed by atoms with Crippen LogP contribution in [0.25, 0.3) is 0 Å². The fourth-order valence-electron chi connectivity index (χ4n) is 7.43. The molecule has 0 aliphatic heterocycles. The summed E-state index contributed by atoms with van der Waals surface area (Å²) in [5.74, 6) is -1.00. The number of hydrogen-bond donors (Lipinski definition) is 0. The molecule has 0 aromatic rings. The summed E-state index contributed by atoms with van der Waals surface area (Å²) in [6.07, 6.45) is 66.2. The maximum absolute atomic E-state index is 12.8. The molecule has 0 saturated carbocycles. The van der Waals surface area contributed by atoms with E-state index >= 15 is 0 Å². The predicted molar refractivity (Wildman–Crippen MR) is 274 cm³/mol. The maximum Gasteiger partial charge on any atom is 0.306 e. The molecule has 0 N–H and O–H groups in total. The first-order valence-electron chi connectivity index (χ1n) is 26.9. The molecule has 6 nitrogen and oxygen atoms in total. The lowest BCUT2D eigenvalue weighted by Gasteiger charge is -2.18. The SMILES string of the molecule is CC/C=C\C/C=C\C/C=C\C/C=C\CCCCCC(=O)OC(COC(=O)CC/C=C\C/C=C\CCCCCCCC)COC(=O)CCCCCCCCCCCCCCCCCCC. The van der Waals surface area contributed by atoms with Crippen molar-refractivity contribution in [3.05, 3.63) is 72.9 Å². The van der Waals surface area contributed by atoms with Gasteiger partial charge in [-0.3, -0.25) is 14.4 Å². The van der Waals surface area contributed by atoms with E-state index in [1.54, 1.807) is 0 Å². The normalized spacial score (nSPS) is 12.6. The zero-order chi connectivity index (χ0) is 46.5. The van der Waals surface area contributed by atoms with Crippen molar-refractivity contribution in [1.29, 1.82) is 0 Å². The van der Waals surface area contributed by atoms with Gasteiger partial charge in [-0.2, -0.15) is 0 Å². The standard InChI is InChI=1S/C58H100O6/c1-4-7-10-13-16-19-22-25-27-29-31-33-36-39-42-45-48-51-57(60)63-54-55(53-62-56(59)50-47-44-41-38-35-32-24-21-18-15-12-9-6-3)64-58(61)52-49-46-43-40-37-34-30-28-26-23-20-17-14-11-8-5-2/h8,11,17,20,26,28,32,34-35,37,41,44,55H,4-7,9-10,12-16,18-19,21-25,27,29-31,33,36,38-40,42-43,45-54H2,1-3H3/b11-8-,20-17-,28-26-,35-32-,37-34-,44-41-. The molecular formula is C58H100O6. The van der Waals surface area contributed by atoms with Crippen LogP contribution in [0.5, 0.6) is 0 Å². The zero-order valence-corrected chi connectivity index (χ0v) is 42.0. The number of esters is 3. The molecule has 368 valence electrons. The highest BCUT2D eigenvalue weighted by molar-refractivity contribution is 5.71. The van der Waals surface area contributed by atoms with Crippen molar-refractivity contribution >= 4 is 17.9 Å². The average Bonchev–Trinajstić information content (AvgIpc) is 3.29. The highest BCUT2D eigenvalue weighted by atomic mass is 16.6. The largest absolute Gasteiger partial charge is 0.462 e. The average molecular weight is 893 g/mol. The van der Waals surface area contributed by atoms with Crippen molar-refractivity contribution in [3.8, 4) is 0 Å². The van der Waals surface area contributed by atoms with Gasteiger partial charge >= 0.3 is 17.9 Å². The molecule has 0 aromatic carbocycles. The lowest BCUT2D eigenvalue weighted by atomic mass is 10.0. The summed E-state index contributed by atoms with van der Waals surface area (Å²) in [6, 6.07) is 0. The van der Waals surface area contributed by atoms with Crippen LogP contribution in [0.3, 0.4) is 0 Å². The Morgan fingerprint density at radius 3 is 1.06 bits per heavy atom. The molecule has 1 unspecified atom stereocenters. The predicted octanol–water partition coefficient (Wildman–Crippen LogP) is 17.8. The van der Waals surface area contributed by atoms with E-state index in [1.165, 1.54) is 128 Å². The first kappa shape index (κ1) is 60.9. The van der Waals surface area contributed by atoms with E-state index in [0.29, 0.717) is 12.8 Å². The Morgan fingerprint density at radius 2 is 0.641 bits per heavy atom. The molecule has 0 fully saturated rings. The van der Waals surface area contributed by atoms with E-state index < -0.39 is 6.10 Å². The molecule has 0 spiro atoms. The quantitative estimate of drug-likeness (QED) is 0.0262. The van der Waals surface area contributed by atoms with Crippen LogP contribution in [0.15, 0.2) is 72.9 Å². The lowest BCUT2D eigenvalue weighted by molar-refractivity contribution is -0.166. The van der Waals surface area contributed by atoms with Crippen molar-refractivity contribution < 1.29 is 28.6 Å². The number of ether oxygens (including phenoxy) is 3. The summed E-state index contributed by atoms with van der Waals surface area (Å²) in [5, 5.41) is 0. The Hall–Kier alpha value is -3.15. The number of rotatable bonds is 48. The molecule has 0 aliphatic carbocycles. The van der Waals surface area contributed by atoms with Crippen LogP contribution in [-0.4, -0.2) is 37.2 Å². The molecule has 0 heterocycles. The Balaban J connectivity index is 4.46. The molecule has 0 aromatic heterocycles. The van der Waals surface area contributed by atoms with Gasteiger partial charge in [0.2, 0.25) is 0 Å². The van der Waals surface area contributed by atoms with Crippen molar-refractivity contribution in [2.75, 3.05) is 13.2 Å². The molecule has 0 rings (SSSR count). The number of carbonyl (C=O) groups is 3. The monoisotopic (exact) mass is 893 g/mol. The van der Waals surface area contributed by atoms with E-state index in [9.17, 15) is 14.4 Å².